The average Bonchev–Trinajstić information content (AvgIpc) is 2.20. The first-order chi connectivity index (χ1) is 7.54. The topological polar surface area (TPSA) is 97.8 Å². The van der Waals surface area contributed by atoms with Crippen molar-refractivity contribution in [2.75, 3.05) is 5.32 Å². The van der Waals surface area contributed by atoms with Gasteiger partial charge in [0.1, 0.15) is 5.82 Å². The van der Waals surface area contributed by atoms with Crippen LogP contribution < -0.4 is 16.4 Å². The zero-order chi connectivity index (χ0) is 12.1. The molecule has 0 aliphatic heterocycles. The monoisotopic (exact) mass is 223 g/mol. The summed E-state index contributed by atoms with van der Waals surface area (Å²) in [6.07, 6.45) is 0.646. The van der Waals surface area contributed by atoms with E-state index in [1.165, 1.54) is 6.07 Å². The lowest BCUT2D eigenvalue weighted by Crippen LogP contribution is -2.39. The van der Waals surface area contributed by atoms with Gasteiger partial charge in [0, 0.05) is 0 Å². The fourth-order valence-corrected chi connectivity index (χ4v) is 1.29. The van der Waals surface area contributed by atoms with Crippen LogP contribution in [0.15, 0.2) is 18.2 Å². The van der Waals surface area contributed by atoms with Crippen LogP contribution in [0.3, 0.4) is 0 Å². The van der Waals surface area contributed by atoms with E-state index in [2.05, 4.69) is 10.6 Å². The number of halogens is 1. The maximum absolute atomic E-state index is 13.5. The molecule has 0 fully saturated rings. The summed E-state index contributed by atoms with van der Waals surface area (Å²) in [5, 5.41) is 19.1. The van der Waals surface area contributed by atoms with Crippen LogP contribution in [0.2, 0.25) is 0 Å². The molecule has 0 heterocycles. The molecule has 0 aliphatic carbocycles. The molecule has 1 aromatic rings. The number of anilines is 1. The molecule has 0 amide bonds. The number of nitrogens with one attached hydrogen (secondary N) is 4. The van der Waals surface area contributed by atoms with Crippen molar-refractivity contribution >= 4 is 17.6 Å². The van der Waals surface area contributed by atoms with Gasteiger partial charge in [-0.25, -0.2) is 4.39 Å². The normalized spacial score (nSPS) is 9.62. The number of guanidine groups is 2. The Morgan fingerprint density at radius 3 is 2.69 bits per heavy atom. The Balaban J connectivity index is 2.87. The summed E-state index contributed by atoms with van der Waals surface area (Å²) in [5.41, 5.74) is 6.05. The van der Waals surface area contributed by atoms with E-state index in [-0.39, 0.29) is 17.6 Å². The molecule has 16 heavy (non-hydrogen) atoms. The van der Waals surface area contributed by atoms with Crippen LogP contribution in [0.1, 0.15) is 12.5 Å². The molecule has 0 atom stereocenters. The SMILES string of the molecule is CCc1cccc(F)c1NC(=N)NC(=N)N. The first-order valence-corrected chi connectivity index (χ1v) is 4.78. The molecular weight excluding hydrogens is 209 g/mol. The highest BCUT2D eigenvalue weighted by molar-refractivity contribution is 6.02. The third-order valence-electron chi connectivity index (χ3n) is 1.99. The maximum Gasteiger partial charge on any atom is 0.199 e. The second-order valence-corrected chi connectivity index (χ2v) is 3.17. The Kier molecular flexibility index (Phi) is 3.82. The van der Waals surface area contributed by atoms with Gasteiger partial charge in [0.05, 0.1) is 5.69 Å². The smallest absolute Gasteiger partial charge is 0.199 e. The summed E-state index contributed by atoms with van der Waals surface area (Å²) in [5.74, 6) is -1.03. The number of nitrogens with two attached hydrogens (primary N) is 1. The van der Waals surface area contributed by atoms with E-state index < -0.39 is 5.82 Å². The Labute approximate surface area is 92.9 Å². The van der Waals surface area contributed by atoms with Crippen LogP contribution in [0.5, 0.6) is 0 Å². The molecule has 0 aliphatic rings. The third-order valence-corrected chi connectivity index (χ3v) is 1.99. The van der Waals surface area contributed by atoms with Crippen LogP contribution in [0, 0.1) is 16.6 Å². The highest BCUT2D eigenvalue weighted by Crippen LogP contribution is 2.19. The fraction of sp³-hybridized carbons (Fsp3) is 0.200. The number of hydrogen-bond donors (Lipinski definition) is 5. The highest BCUT2D eigenvalue weighted by Gasteiger charge is 2.08. The first-order valence-electron chi connectivity index (χ1n) is 4.78. The summed E-state index contributed by atoms with van der Waals surface area (Å²) in [6, 6.07) is 4.69. The molecule has 86 valence electrons. The molecule has 0 radical (unpaired) electrons. The van der Waals surface area contributed by atoms with Gasteiger partial charge >= 0.3 is 0 Å². The minimum atomic E-state index is -0.436. The molecule has 6 N–H and O–H groups in total. The van der Waals surface area contributed by atoms with Gasteiger partial charge < -0.3 is 11.1 Å². The molecule has 0 aromatic heterocycles. The molecule has 0 unspecified atom stereocenters. The third kappa shape index (κ3) is 2.94. The predicted molar refractivity (Wildman–Crippen MR) is 62.2 cm³/mol. The van der Waals surface area contributed by atoms with Gasteiger partial charge in [0.15, 0.2) is 11.9 Å². The lowest BCUT2D eigenvalue weighted by molar-refractivity contribution is 0.630. The Morgan fingerprint density at radius 1 is 1.44 bits per heavy atom. The zero-order valence-corrected chi connectivity index (χ0v) is 8.89. The average molecular weight is 223 g/mol. The molecular formula is C10H14FN5. The second kappa shape index (κ2) is 5.11. The number of rotatable bonds is 2. The molecule has 1 aromatic carbocycles. The fourth-order valence-electron chi connectivity index (χ4n) is 1.29. The van der Waals surface area contributed by atoms with Gasteiger partial charge in [0.2, 0.25) is 0 Å². The summed E-state index contributed by atoms with van der Waals surface area (Å²) in [4.78, 5) is 0. The van der Waals surface area contributed by atoms with E-state index in [0.29, 0.717) is 6.42 Å². The van der Waals surface area contributed by atoms with E-state index >= 15 is 0 Å². The van der Waals surface area contributed by atoms with Crippen molar-refractivity contribution in [3.63, 3.8) is 0 Å². The summed E-state index contributed by atoms with van der Waals surface area (Å²) >= 11 is 0. The highest BCUT2D eigenvalue weighted by atomic mass is 19.1. The number of para-hydroxylation sites is 1. The van der Waals surface area contributed by atoms with Crippen LogP contribution in [-0.4, -0.2) is 11.9 Å². The molecule has 0 spiro atoms. The Morgan fingerprint density at radius 2 is 2.12 bits per heavy atom. The Bertz CT molecular complexity index is 416. The van der Waals surface area contributed by atoms with Gasteiger partial charge in [-0.3, -0.25) is 16.1 Å². The predicted octanol–water partition coefficient (Wildman–Crippen LogP) is 1.22. The first kappa shape index (κ1) is 12.0. The van der Waals surface area contributed by atoms with Gasteiger partial charge in [-0.1, -0.05) is 19.1 Å². The van der Waals surface area contributed by atoms with Gasteiger partial charge in [-0.05, 0) is 18.1 Å². The van der Waals surface area contributed by atoms with E-state index in [0.717, 1.165) is 5.56 Å². The van der Waals surface area contributed by atoms with Crippen molar-refractivity contribution in [2.24, 2.45) is 5.73 Å². The van der Waals surface area contributed by atoms with Crippen LogP contribution in [0.25, 0.3) is 0 Å². The molecule has 6 heteroatoms. The van der Waals surface area contributed by atoms with Gasteiger partial charge in [0.25, 0.3) is 0 Å². The van der Waals surface area contributed by atoms with Crippen LogP contribution in [-0.2, 0) is 6.42 Å². The minimum Gasteiger partial charge on any atom is -0.370 e. The Hall–Kier alpha value is -2.11. The number of aryl methyl sites for hydroxylation is 1. The van der Waals surface area contributed by atoms with Crippen LogP contribution in [0.4, 0.5) is 10.1 Å². The maximum atomic E-state index is 13.5. The number of hydrogen-bond acceptors (Lipinski definition) is 2. The van der Waals surface area contributed by atoms with Gasteiger partial charge in [-0.15, -0.1) is 0 Å². The summed E-state index contributed by atoms with van der Waals surface area (Å²) in [6.45, 7) is 1.89. The van der Waals surface area contributed by atoms with E-state index in [1.807, 2.05) is 6.92 Å². The molecule has 0 bridgehead atoms. The van der Waals surface area contributed by atoms with E-state index in [9.17, 15) is 4.39 Å². The summed E-state index contributed by atoms with van der Waals surface area (Å²) in [7, 11) is 0. The van der Waals surface area contributed by atoms with Crippen molar-refractivity contribution < 1.29 is 4.39 Å². The lowest BCUT2D eigenvalue weighted by atomic mass is 10.1. The van der Waals surface area contributed by atoms with E-state index in [4.69, 9.17) is 16.6 Å². The quantitative estimate of drug-likeness (QED) is 0.385. The van der Waals surface area contributed by atoms with Crippen molar-refractivity contribution in [3.05, 3.63) is 29.6 Å². The van der Waals surface area contributed by atoms with Crippen molar-refractivity contribution in [1.82, 2.24) is 5.32 Å². The van der Waals surface area contributed by atoms with Crippen molar-refractivity contribution in [1.29, 1.82) is 10.8 Å². The molecule has 1 rings (SSSR count). The van der Waals surface area contributed by atoms with Crippen molar-refractivity contribution in [3.8, 4) is 0 Å². The minimum absolute atomic E-state index is 0.229. The molecule has 5 nitrogen and oxygen atoms in total. The number of benzene rings is 1. The zero-order valence-electron chi connectivity index (χ0n) is 8.89. The molecule has 0 saturated carbocycles. The molecule has 0 saturated heterocycles. The lowest BCUT2D eigenvalue weighted by Gasteiger charge is -2.13. The van der Waals surface area contributed by atoms with E-state index in [1.54, 1.807) is 12.1 Å². The van der Waals surface area contributed by atoms with Crippen molar-refractivity contribution in [2.45, 2.75) is 13.3 Å². The van der Waals surface area contributed by atoms with Crippen LogP contribution >= 0.6 is 0 Å². The largest absolute Gasteiger partial charge is 0.370 e. The second-order valence-electron chi connectivity index (χ2n) is 3.17. The van der Waals surface area contributed by atoms with Gasteiger partial charge in [-0.2, -0.15) is 0 Å². The summed E-state index contributed by atoms with van der Waals surface area (Å²) < 4.78 is 13.5. The standard InChI is InChI=1S/C10H14FN5/c1-2-6-4-3-5-7(11)8(6)15-10(14)16-9(12)13/h3-5H,2H2,1H3,(H6,12,13,14,15,16).